The number of H-pyrrole nitrogens is 1. The number of nitrogens with one attached hydrogen (secondary N) is 3. The summed E-state index contributed by atoms with van der Waals surface area (Å²) in [5, 5.41) is 4.99. The lowest BCUT2D eigenvalue weighted by molar-refractivity contribution is -0.137. The summed E-state index contributed by atoms with van der Waals surface area (Å²) in [5.74, 6) is -1.21. The number of fused-ring (bicyclic) bond motifs is 1. The van der Waals surface area contributed by atoms with Gasteiger partial charge in [0, 0.05) is 37.0 Å². The van der Waals surface area contributed by atoms with E-state index >= 15 is 0 Å². The number of hydrogen-bond donors (Lipinski definition) is 3. The molecular formula is C20H21F3N4O3. The van der Waals surface area contributed by atoms with Crippen LogP contribution in [0.3, 0.4) is 0 Å². The van der Waals surface area contributed by atoms with E-state index in [4.69, 9.17) is 0 Å². The molecule has 0 unspecified atom stereocenters. The molecule has 10 heteroatoms. The van der Waals surface area contributed by atoms with E-state index in [9.17, 15) is 27.6 Å². The summed E-state index contributed by atoms with van der Waals surface area (Å²) in [4.78, 5) is 43.3. The number of nitrogens with zero attached hydrogens (tertiary/aromatic N) is 1. The summed E-state index contributed by atoms with van der Waals surface area (Å²) >= 11 is 0. The molecule has 0 spiro atoms. The van der Waals surface area contributed by atoms with E-state index in [2.05, 4.69) is 20.6 Å². The molecule has 0 saturated heterocycles. The van der Waals surface area contributed by atoms with Crippen molar-refractivity contribution >= 4 is 17.5 Å². The molecule has 3 rings (SSSR count). The average molecular weight is 422 g/mol. The number of aromatic nitrogens is 2. The van der Waals surface area contributed by atoms with Gasteiger partial charge in [0.2, 0.25) is 0 Å². The minimum atomic E-state index is -4.56. The van der Waals surface area contributed by atoms with Gasteiger partial charge < -0.3 is 15.6 Å². The normalized spacial score (nSPS) is 15.4. The number of carbonyl (C=O) groups excluding carboxylic acids is 2. The average Bonchev–Trinajstić information content (AvgIpc) is 2.63. The summed E-state index contributed by atoms with van der Waals surface area (Å²) in [6, 6.07) is 3.37. The number of amides is 1. The number of rotatable bonds is 5. The molecule has 2 heterocycles. The molecule has 7 nitrogen and oxygen atoms in total. The Hall–Kier alpha value is -3.17. The topological polar surface area (TPSA) is 104 Å². The van der Waals surface area contributed by atoms with Gasteiger partial charge in [0.1, 0.15) is 11.4 Å². The van der Waals surface area contributed by atoms with Gasteiger partial charge in [-0.2, -0.15) is 13.2 Å². The first kappa shape index (κ1) is 21.5. The molecule has 0 aliphatic heterocycles. The fraction of sp³-hybridized carbons (Fsp3) is 0.400. The fourth-order valence-corrected chi connectivity index (χ4v) is 3.42. The zero-order valence-corrected chi connectivity index (χ0v) is 16.4. The maximum absolute atomic E-state index is 13.0. The minimum Gasteiger partial charge on any atom is -0.368 e. The molecule has 1 amide bonds. The molecule has 0 fully saturated rings. The molecule has 1 aliphatic carbocycles. The Morgan fingerprint density at radius 3 is 2.67 bits per heavy atom. The number of ketones is 1. The van der Waals surface area contributed by atoms with Gasteiger partial charge in [-0.3, -0.25) is 14.4 Å². The van der Waals surface area contributed by atoms with Crippen molar-refractivity contribution in [3.8, 4) is 0 Å². The zero-order valence-electron chi connectivity index (χ0n) is 16.4. The Bertz CT molecular complexity index is 1040. The molecule has 1 aliphatic rings. The molecule has 0 bridgehead atoms. The van der Waals surface area contributed by atoms with Crippen LogP contribution in [0, 0.1) is 5.41 Å². The second-order valence-electron chi connectivity index (χ2n) is 7.93. The second-order valence-corrected chi connectivity index (χ2v) is 7.93. The molecule has 30 heavy (non-hydrogen) atoms. The van der Waals surface area contributed by atoms with Gasteiger partial charge in [0.25, 0.3) is 11.5 Å². The van der Waals surface area contributed by atoms with Crippen LogP contribution < -0.4 is 16.2 Å². The van der Waals surface area contributed by atoms with Crippen LogP contribution in [0.5, 0.6) is 0 Å². The van der Waals surface area contributed by atoms with E-state index in [0.29, 0.717) is 24.1 Å². The number of halogens is 3. The number of alkyl halides is 3. The number of anilines is 1. The van der Waals surface area contributed by atoms with E-state index in [0.717, 1.165) is 6.07 Å². The van der Waals surface area contributed by atoms with Crippen LogP contribution >= 0.6 is 0 Å². The standard InChI is InChI=1S/C20H21F3N4O3/c1-19(2)9-14-11(15(28)10-19)8-12(18(30)27-14)17(29)26-7-6-25-16-13(20(21,22)23)4-3-5-24-16/h3-5,8H,6-7,9-10H2,1-2H3,(H,24,25)(H,26,29)(H,27,30). The molecular weight excluding hydrogens is 401 g/mol. The highest BCUT2D eigenvalue weighted by Crippen LogP contribution is 2.34. The third kappa shape index (κ3) is 4.69. The third-order valence-electron chi connectivity index (χ3n) is 4.78. The van der Waals surface area contributed by atoms with Gasteiger partial charge in [-0.1, -0.05) is 13.8 Å². The Morgan fingerprint density at radius 1 is 1.23 bits per heavy atom. The molecule has 0 atom stereocenters. The molecule has 0 radical (unpaired) electrons. The maximum atomic E-state index is 13.0. The Kier molecular flexibility index (Phi) is 5.69. The first-order chi connectivity index (χ1) is 14.0. The number of aromatic amines is 1. The van der Waals surface area contributed by atoms with Gasteiger partial charge in [-0.05, 0) is 30.0 Å². The monoisotopic (exact) mass is 422 g/mol. The summed E-state index contributed by atoms with van der Waals surface area (Å²) in [6.07, 6.45) is -2.51. The van der Waals surface area contributed by atoms with Gasteiger partial charge >= 0.3 is 6.18 Å². The Labute approximate surface area is 170 Å². The number of carbonyl (C=O) groups is 2. The summed E-state index contributed by atoms with van der Waals surface area (Å²) in [6.45, 7) is 3.75. The zero-order chi connectivity index (χ0) is 22.1. The van der Waals surface area contributed by atoms with Gasteiger partial charge in [0.05, 0.1) is 5.56 Å². The van der Waals surface area contributed by atoms with E-state index in [1.54, 1.807) is 0 Å². The molecule has 2 aromatic rings. The van der Waals surface area contributed by atoms with E-state index in [1.807, 2.05) is 13.8 Å². The lowest BCUT2D eigenvalue weighted by Gasteiger charge is -2.29. The molecule has 0 saturated carbocycles. The van der Waals surface area contributed by atoms with Crippen molar-refractivity contribution in [1.29, 1.82) is 0 Å². The quantitative estimate of drug-likeness (QED) is 0.643. The number of pyridine rings is 2. The van der Waals surface area contributed by atoms with E-state index < -0.39 is 23.2 Å². The van der Waals surface area contributed by atoms with Crippen LogP contribution in [0.2, 0.25) is 0 Å². The van der Waals surface area contributed by atoms with Crippen molar-refractivity contribution in [2.75, 3.05) is 18.4 Å². The largest absolute Gasteiger partial charge is 0.419 e. The Morgan fingerprint density at radius 2 is 1.97 bits per heavy atom. The van der Waals surface area contributed by atoms with Crippen molar-refractivity contribution in [1.82, 2.24) is 15.3 Å². The van der Waals surface area contributed by atoms with Crippen LogP contribution in [-0.2, 0) is 12.6 Å². The summed E-state index contributed by atoms with van der Waals surface area (Å²) in [7, 11) is 0. The van der Waals surface area contributed by atoms with Gasteiger partial charge in [0.15, 0.2) is 5.78 Å². The molecule has 3 N–H and O–H groups in total. The molecule has 0 aromatic carbocycles. The summed E-state index contributed by atoms with van der Waals surface area (Å²) in [5.41, 5.74) is -1.19. The van der Waals surface area contributed by atoms with E-state index in [1.165, 1.54) is 18.3 Å². The van der Waals surface area contributed by atoms with Gasteiger partial charge in [-0.15, -0.1) is 0 Å². The summed E-state index contributed by atoms with van der Waals surface area (Å²) < 4.78 is 38.9. The van der Waals surface area contributed by atoms with Crippen LogP contribution in [0.1, 0.15) is 52.2 Å². The third-order valence-corrected chi connectivity index (χ3v) is 4.78. The van der Waals surface area contributed by atoms with Crippen LogP contribution in [0.4, 0.5) is 19.0 Å². The smallest absolute Gasteiger partial charge is 0.368 e. The highest BCUT2D eigenvalue weighted by molar-refractivity contribution is 6.02. The predicted octanol–water partition coefficient (Wildman–Crippen LogP) is 2.79. The van der Waals surface area contributed by atoms with Crippen molar-refractivity contribution in [2.24, 2.45) is 5.41 Å². The van der Waals surface area contributed by atoms with E-state index in [-0.39, 0.29) is 35.7 Å². The SMILES string of the molecule is CC1(C)CC(=O)c2cc(C(=O)NCCNc3ncccc3C(F)(F)F)c(=O)[nH]c2C1. The van der Waals surface area contributed by atoms with Crippen molar-refractivity contribution in [3.05, 3.63) is 57.1 Å². The lowest BCUT2D eigenvalue weighted by atomic mass is 9.75. The predicted molar refractivity (Wildman–Crippen MR) is 104 cm³/mol. The van der Waals surface area contributed by atoms with Crippen molar-refractivity contribution in [2.45, 2.75) is 32.9 Å². The highest BCUT2D eigenvalue weighted by atomic mass is 19.4. The second kappa shape index (κ2) is 7.92. The lowest BCUT2D eigenvalue weighted by Crippen LogP contribution is -2.36. The van der Waals surface area contributed by atoms with Crippen LogP contribution in [-0.4, -0.2) is 34.7 Å². The maximum Gasteiger partial charge on any atom is 0.419 e. The molecule has 160 valence electrons. The van der Waals surface area contributed by atoms with Crippen LogP contribution in [0.15, 0.2) is 29.2 Å². The van der Waals surface area contributed by atoms with Crippen molar-refractivity contribution < 1.29 is 22.8 Å². The van der Waals surface area contributed by atoms with Crippen molar-refractivity contribution in [3.63, 3.8) is 0 Å². The fourth-order valence-electron chi connectivity index (χ4n) is 3.42. The first-order valence-corrected chi connectivity index (χ1v) is 9.32. The van der Waals surface area contributed by atoms with Gasteiger partial charge in [-0.25, -0.2) is 4.98 Å². The molecule has 2 aromatic heterocycles. The first-order valence-electron chi connectivity index (χ1n) is 9.32. The van der Waals surface area contributed by atoms with Crippen LogP contribution in [0.25, 0.3) is 0 Å². The Balaban J connectivity index is 1.65. The number of hydrogen-bond acceptors (Lipinski definition) is 5. The minimum absolute atomic E-state index is 0.0399. The number of Topliss-reactive ketones (excluding diaryl/α,β-unsaturated/α-hetero) is 1. The highest BCUT2D eigenvalue weighted by Gasteiger charge is 2.34.